The standard InChI is InChI=1S/C24H27ClF3N5O5S4/c1-14-9-18-20(12-29-14)40-22(30-18)23(34)33-8-7-32(13-17(33)5-6-31(2)42(37,38)24(26,27)28)41(35,36)21-10-15-3-4-16(25)11-19(15)39-21/h3-4,10-11,14,17,29H,5-9,12-13H2,1-2H3. The number of nitrogens with zero attached hydrogens (tertiary/aromatic N) is 4. The van der Waals surface area contributed by atoms with Crippen LogP contribution in [0, 0.1) is 0 Å². The number of thiophene rings is 1. The monoisotopic (exact) mass is 685 g/mol. The number of carbonyl (C=O) groups excluding carboxylic acids is 1. The summed E-state index contributed by atoms with van der Waals surface area (Å²) in [6.07, 6.45) is 0.407. The molecule has 3 aromatic rings. The molecule has 42 heavy (non-hydrogen) atoms. The molecule has 18 heteroatoms. The second kappa shape index (κ2) is 11.6. The van der Waals surface area contributed by atoms with Crippen LogP contribution in [0.25, 0.3) is 10.1 Å². The van der Waals surface area contributed by atoms with Gasteiger partial charge in [0, 0.05) is 72.9 Å². The zero-order valence-corrected chi connectivity index (χ0v) is 26.4. The summed E-state index contributed by atoms with van der Waals surface area (Å²) in [4.78, 5) is 20.5. The molecule has 5 rings (SSSR count). The Hall–Kier alpha value is -1.86. The van der Waals surface area contributed by atoms with Gasteiger partial charge in [-0.3, -0.25) is 4.79 Å². The highest BCUT2D eigenvalue weighted by atomic mass is 35.5. The Balaban J connectivity index is 1.42. The van der Waals surface area contributed by atoms with Crippen molar-refractivity contribution in [2.24, 2.45) is 0 Å². The van der Waals surface area contributed by atoms with E-state index in [4.69, 9.17) is 11.6 Å². The first kappa shape index (κ1) is 31.6. The molecular formula is C24H27ClF3N5O5S4. The van der Waals surface area contributed by atoms with E-state index in [2.05, 4.69) is 10.3 Å². The highest BCUT2D eigenvalue weighted by Crippen LogP contribution is 2.34. The van der Waals surface area contributed by atoms with E-state index in [1.165, 1.54) is 26.6 Å². The average Bonchev–Trinajstić information content (AvgIpc) is 3.54. The molecule has 2 atom stereocenters. The molecule has 1 fully saturated rings. The van der Waals surface area contributed by atoms with Crippen LogP contribution in [-0.4, -0.2) is 92.1 Å². The summed E-state index contributed by atoms with van der Waals surface area (Å²) in [5, 5.41) is 4.64. The number of benzene rings is 1. The number of nitrogens with one attached hydrogen (secondary N) is 1. The second-order valence-electron chi connectivity index (χ2n) is 10.2. The normalized spacial score (nSPS) is 20.8. The minimum absolute atomic E-state index is 0.0475. The maximum Gasteiger partial charge on any atom is 0.511 e. The second-order valence-corrected chi connectivity index (χ2v) is 17.0. The van der Waals surface area contributed by atoms with Crippen LogP contribution in [0.1, 0.15) is 33.7 Å². The Morgan fingerprint density at radius 2 is 1.93 bits per heavy atom. The molecule has 4 heterocycles. The Morgan fingerprint density at radius 3 is 2.64 bits per heavy atom. The fraction of sp³-hybridized carbons (Fsp3) is 0.500. The number of amides is 1. The SMILES string of the molecule is CC1Cc2nc(C(=O)N3CCN(S(=O)(=O)c4cc5ccc(Cl)cc5s4)CC3CCN(C)S(=O)(=O)C(F)(F)F)sc2CN1. The predicted molar refractivity (Wildman–Crippen MR) is 155 cm³/mol. The number of alkyl halides is 3. The summed E-state index contributed by atoms with van der Waals surface area (Å²) in [5.41, 5.74) is -4.69. The highest BCUT2D eigenvalue weighted by molar-refractivity contribution is 7.91. The van der Waals surface area contributed by atoms with Gasteiger partial charge in [-0.05, 0) is 36.9 Å². The van der Waals surface area contributed by atoms with Crippen molar-refractivity contribution in [2.75, 3.05) is 33.2 Å². The lowest BCUT2D eigenvalue weighted by molar-refractivity contribution is -0.0484. The number of hydrogen-bond acceptors (Lipinski definition) is 9. The first-order valence-electron chi connectivity index (χ1n) is 12.8. The Morgan fingerprint density at radius 1 is 1.19 bits per heavy atom. The minimum atomic E-state index is -5.61. The van der Waals surface area contributed by atoms with Gasteiger partial charge in [-0.2, -0.15) is 21.8 Å². The third-order valence-electron chi connectivity index (χ3n) is 7.31. The molecular weight excluding hydrogens is 659 g/mol. The van der Waals surface area contributed by atoms with Crippen LogP contribution in [0.3, 0.4) is 0 Å². The smallest absolute Gasteiger partial charge is 0.331 e. The molecule has 0 bridgehead atoms. The number of aromatic nitrogens is 1. The van der Waals surface area contributed by atoms with Crippen molar-refractivity contribution in [3.8, 4) is 0 Å². The van der Waals surface area contributed by atoms with E-state index in [-0.39, 0.29) is 45.6 Å². The zero-order chi connectivity index (χ0) is 30.6. The molecule has 1 aromatic carbocycles. The molecule has 0 radical (unpaired) electrons. The van der Waals surface area contributed by atoms with Gasteiger partial charge in [-0.1, -0.05) is 17.7 Å². The number of hydrogen-bond donors (Lipinski definition) is 1. The lowest BCUT2D eigenvalue weighted by Gasteiger charge is -2.40. The number of rotatable bonds is 7. The van der Waals surface area contributed by atoms with Crippen LogP contribution in [0.5, 0.6) is 0 Å². The molecule has 0 aliphatic carbocycles. The summed E-state index contributed by atoms with van der Waals surface area (Å²) >= 11 is 8.31. The van der Waals surface area contributed by atoms with E-state index in [0.29, 0.717) is 28.1 Å². The van der Waals surface area contributed by atoms with E-state index in [0.717, 1.165) is 29.0 Å². The third-order valence-corrected chi connectivity index (χ3v) is 13.6. The van der Waals surface area contributed by atoms with E-state index in [1.807, 2.05) is 6.92 Å². The van der Waals surface area contributed by atoms with Crippen molar-refractivity contribution in [2.45, 2.75) is 48.1 Å². The van der Waals surface area contributed by atoms with E-state index in [1.54, 1.807) is 18.2 Å². The molecule has 2 unspecified atom stereocenters. The van der Waals surface area contributed by atoms with Gasteiger partial charge in [0.1, 0.15) is 4.21 Å². The van der Waals surface area contributed by atoms with Crippen LogP contribution < -0.4 is 5.32 Å². The maximum absolute atomic E-state index is 13.7. The topological polar surface area (TPSA) is 120 Å². The van der Waals surface area contributed by atoms with Gasteiger partial charge in [0.2, 0.25) is 0 Å². The maximum atomic E-state index is 13.7. The largest absolute Gasteiger partial charge is 0.511 e. The number of fused-ring (bicyclic) bond motifs is 2. The minimum Gasteiger partial charge on any atom is -0.331 e. The fourth-order valence-electron chi connectivity index (χ4n) is 4.95. The van der Waals surface area contributed by atoms with Crippen molar-refractivity contribution in [1.82, 2.24) is 23.8 Å². The van der Waals surface area contributed by atoms with Crippen LogP contribution in [-0.2, 0) is 33.0 Å². The van der Waals surface area contributed by atoms with E-state index < -0.39 is 44.0 Å². The Bertz CT molecular complexity index is 1730. The number of piperazine rings is 1. The summed E-state index contributed by atoms with van der Waals surface area (Å²) in [6.45, 7) is 1.63. The van der Waals surface area contributed by atoms with E-state index >= 15 is 0 Å². The predicted octanol–water partition coefficient (Wildman–Crippen LogP) is 3.73. The van der Waals surface area contributed by atoms with Crippen molar-refractivity contribution >= 4 is 70.3 Å². The number of thiazole rings is 1. The zero-order valence-electron chi connectivity index (χ0n) is 22.4. The van der Waals surface area contributed by atoms with Crippen molar-refractivity contribution in [1.29, 1.82) is 0 Å². The molecule has 1 saturated heterocycles. The molecule has 10 nitrogen and oxygen atoms in total. The number of halogens is 4. The van der Waals surface area contributed by atoms with Gasteiger partial charge in [-0.25, -0.2) is 21.8 Å². The lowest BCUT2D eigenvalue weighted by atomic mass is 10.1. The average molecular weight is 686 g/mol. The first-order valence-corrected chi connectivity index (χ1v) is 17.7. The molecule has 230 valence electrons. The Kier molecular flexibility index (Phi) is 8.70. The summed E-state index contributed by atoms with van der Waals surface area (Å²) in [5.74, 6) is -0.470. The van der Waals surface area contributed by atoms with Crippen LogP contribution in [0.4, 0.5) is 13.2 Å². The van der Waals surface area contributed by atoms with Gasteiger partial charge in [-0.15, -0.1) is 22.7 Å². The van der Waals surface area contributed by atoms with Crippen molar-refractivity contribution in [3.05, 3.63) is 44.9 Å². The highest BCUT2D eigenvalue weighted by Gasteiger charge is 2.49. The quantitative estimate of drug-likeness (QED) is 0.403. The van der Waals surface area contributed by atoms with Gasteiger partial charge in [0.25, 0.3) is 15.9 Å². The van der Waals surface area contributed by atoms with Crippen LogP contribution in [0.2, 0.25) is 5.02 Å². The third kappa shape index (κ3) is 6.06. The fourth-order valence-corrected chi connectivity index (χ4v) is 9.94. The Labute approximate surface area is 254 Å². The molecule has 2 aliphatic rings. The molecule has 2 aromatic heterocycles. The number of carbonyl (C=O) groups is 1. The number of sulfonamides is 2. The van der Waals surface area contributed by atoms with E-state index in [9.17, 15) is 34.8 Å². The summed E-state index contributed by atoms with van der Waals surface area (Å²) in [7, 11) is -8.85. The molecule has 1 N–H and O–H groups in total. The van der Waals surface area contributed by atoms with Gasteiger partial charge in [0.15, 0.2) is 5.01 Å². The van der Waals surface area contributed by atoms with Crippen molar-refractivity contribution < 1.29 is 34.8 Å². The molecule has 2 aliphatic heterocycles. The van der Waals surface area contributed by atoms with Crippen LogP contribution >= 0.6 is 34.3 Å². The van der Waals surface area contributed by atoms with Gasteiger partial charge < -0.3 is 10.2 Å². The summed E-state index contributed by atoms with van der Waals surface area (Å²) < 4.78 is 92.6. The van der Waals surface area contributed by atoms with Crippen LogP contribution in [0.15, 0.2) is 28.5 Å². The van der Waals surface area contributed by atoms with Gasteiger partial charge >= 0.3 is 15.5 Å². The molecule has 1 amide bonds. The lowest BCUT2D eigenvalue weighted by Crippen LogP contribution is -2.57. The summed E-state index contributed by atoms with van der Waals surface area (Å²) in [6, 6.07) is 5.80. The first-order chi connectivity index (χ1) is 19.6. The van der Waals surface area contributed by atoms with Crippen molar-refractivity contribution in [3.63, 3.8) is 0 Å². The van der Waals surface area contributed by atoms with Gasteiger partial charge in [0.05, 0.1) is 5.69 Å². The molecule has 0 spiro atoms. The molecule has 0 saturated carbocycles.